The Labute approximate surface area is 153 Å². The first-order valence-electron chi connectivity index (χ1n) is 8.23. The quantitative estimate of drug-likeness (QED) is 0.777. The van der Waals surface area contributed by atoms with E-state index in [0.717, 1.165) is 29.8 Å². The Bertz CT molecular complexity index is 832. The van der Waals surface area contributed by atoms with Crippen LogP contribution in [0.15, 0.2) is 18.2 Å². The first kappa shape index (κ1) is 18.7. The minimum atomic E-state index is -4.48. The van der Waals surface area contributed by atoms with Gasteiger partial charge in [-0.25, -0.2) is 4.68 Å². The molecule has 2 N–H and O–H groups in total. The van der Waals surface area contributed by atoms with Crippen molar-refractivity contribution in [1.82, 2.24) is 20.4 Å². The Morgan fingerprint density at radius 1 is 1.31 bits per heavy atom. The van der Waals surface area contributed by atoms with Crippen LogP contribution in [0.3, 0.4) is 0 Å². The number of fused-ring (bicyclic) bond motifs is 1. The zero-order valence-corrected chi connectivity index (χ0v) is 14.8. The summed E-state index contributed by atoms with van der Waals surface area (Å²) in [5.74, 6) is -0.333. The van der Waals surface area contributed by atoms with Crippen molar-refractivity contribution in [3.8, 4) is 5.69 Å². The SMILES string of the molecule is CNCCNC(=O)c1nn(-c2cc(C(F)(F)F)ccc2Cl)c2c1CCC2. The molecule has 0 unspecified atom stereocenters. The van der Waals surface area contributed by atoms with Crippen molar-refractivity contribution < 1.29 is 18.0 Å². The lowest BCUT2D eigenvalue weighted by Crippen LogP contribution is -2.31. The number of benzene rings is 1. The molecule has 2 aromatic rings. The van der Waals surface area contributed by atoms with E-state index in [1.165, 1.54) is 10.7 Å². The molecule has 1 amide bonds. The summed E-state index contributed by atoms with van der Waals surface area (Å²) in [5.41, 5.74) is 1.10. The number of hydrogen-bond acceptors (Lipinski definition) is 3. The van der Waals surface area contributed by atoms with E-state index in [2.05, 4.69) is 15.7 Å². The van der Waals surface area contributed by atoms with E-state index < -0.39 is 11.7 Å². The Kier molecular flexibility index (Phi) is 5.24. The number of alkyl halides is 3. The highest BCUT2D eigenvalue weighted by molar-refractivity contribution is 6.32. The fourth-order valence-electron chi connectivity index (χ4n) is 3.06. The number of nitrogens with zero attached hydrogens (tertiary/aromatic N) is 2. The average Bonchev–Trinajstić information content (AvgIpc) is 3.17. The molecule has 0 aliphatic heterocycles. The first-order valence-corrected chi connectivity index (χ1v) is 8.61. The molecule has 0 spiro atoms. The molecule has 3 rings (SSSR count). The lowest BCUT2D eigenvalue weighted by Gasteiger charge is -2.12. The molecule has 0 radical (unpaired) electrons. The van der Waals surface area contributed by atoms with Gasteiger partial charge in [-0.3, -0.25) is 4.79 Å². The number of rotatable bonds is 5. The zero-order chi connectivity index (χ0) is 18.9. The molecular formula is C17H18ClF3N4O. The molecule has 5 nitrogen and oxygen atoms in total. The van der Waals surface area contributed by atoms with Crippen LogP contribution in [0.1, 0.15) is 33.7 Å². The van der Waals surface area contributed by atoms with Crippen molar-refractivity contribution in [2.45, 2.75) is 25.4 Å². The molecule has 0 atom stereocenters. The maximum absolute atomic E-state index is 13.1. The lowest BCUT2D eigenvalue weighted by atomic mass is 10.1. The molecule has 9 heteroatoms. The summed E-state index contributed by atoms with van der Waals surface area (Å²) in [5, 5.41) is 10.1. The summed E-state index contributed by atoms with van der Waals surface area (Å²) in [4.78, 5) is 12.4. The number of hydrogen-bond donors (Lipinski definition) is 2. The highest BCUT2D eigenvalue weighted by atomic mass is 35.5. The largest absolute Gasteiger partial charge is 0.416 e. The Balaban J connectivity index is 2.02. The summed E-state index contributed by atoms with van der Waals surface area (Å²) < 4.78 is 40.5. The van der Waals surface area contributed by atoms with Crippen LogP contribution in [-0.2, 0) is 19.0 Å². The number of aromatic nitrogens is 2. The van der Waals surface area contributed by atoms with Gasteiger partial charge in [-0.05, 0) is 44.5 Å². The molecule has 0 bridgehead atoms. The van der Waals surface area contributed by atoms with Gasteiger partial charge in [0.25, 0.3) is 5.91 Å². The molecule has 1 heterocycles. The van der Waals surface area contributed by atoms with Gasteiger partial charge in [0.2, 0.25) is 0 Å². The van der Waals surface area contributed by atoms with Crippen molar-refractivity contribution in [3.63, 3.8) is 0 Å². The van der Waals surface area contributed by atoms with Gasteiger partial charge >= 0.3 is 6.18 Å². The second-order valence-electron chi connectivity index (χ2n) is 6.06. The van der Waals surface area contributed by atoms with Crippen LogP contribution < -0.4 is 10.6 Å². The van der Waals surface area contributed by atoms with E-state index >= 15 is 0 Å². The van der Waals surface area contributed by atoms with E-state index in [0.29, 0.717) is 25.9 Å². The molecule has 1 aliphatic carbocycles. The van der Waals surface area contributed by atoms with E-state index in [1.807, 2.05) is 0 Å². The monoisotopic (exact) mass is 386 g/mol. The second kappa shape index (κ2) is 7.28. The molecule has 26 heavy (non-hydrogen) atoms. The van der Waals surface area contributed by atoms with E-state index in [1.54, 1.807) is 7.05 Å². The molecule has 1 aliphatic rings. The highest BCUT2D eigenvalue weighted by Gasteiger charge is 2.32. The highest BCUT2D eigenvalue weighted by Crippen LogP contribution is 2.35. The summed E-state index contributed by atoms with van der Waals surface area (Å²) in [6.45, 7) is 1.04. The number of amides is 1. The number of carbonyl (C=O) groups is 1. The Hall–Kier alpha value is -2.06. The lowest BCUT2D eigenvalue weighted by molar-refractivity contribution is -0.137. The van der Waals surface area contributed by atoms with Crippen molar-refractivity contribution in [1.29, 1.82) is 0 Å². The zero-order valence-electron chi connectivity index (χ0n) is 14.1. The molecule has 140 valence electrons. The van der Waals surface area contributed by atoms with Crippen molar-refractivity contribution in [2.75, 3.05) is 20.1 Å². The standard InChI is InChI=1S/C17H18ClF3N4O/c1-22-7-8-23-16(26)15-11-3-2-4-13(11)25(24-15)14-9-10(17(19,20)21)5-6-12(14)18/h5-6,9,22H,2-4,7-8H2,1H3,(H,23,26). The van der Waals surface area contributed by atoms with E-state index in [9.17, 15) is 18.0 Å². The molecule has 0 fully saturated rings. The number of nitrogens with one attached hydrogen (secondary N) is 2. The van der Waals surface area contributed by atoms with E-state index in [4.69, 9.17) is 11.6 Å². The molecule has 0 saturated heterocycles. The smallest absolute Gasteiger partial charge is 0.349 e. The third-order valence-corrected chi connectivity index (χ3v) is 4.63. The Morgan fingerprint density at radius 3 is 2.77 bits per heavy atom. The predicted molar refractivity (Wildman–Crippen MR) is 91.9 cm³/mol. The maximum atomic E-state index is 13.1. The van der Waals surface area contributed by atoms with Gasteiger partial charge in [0, 0.05) is 24.3 Å². The topological polar surface area (TPSA) is 58.9 Å². The van der Waals surface area contributed by atoms with Crippen LogP contribution in [0.4, 0.5) is 13.2 Å². The van der Waals surface area contributed by atoms with Gasteiger partial charge < -0.3 is 10.6 Å². The van der Waals surface area contributed by atoms with E-state index in [-0.39, 0.29) is 22.3 Å². The van der Waals surface area contributed by atoms with Gasteiger partial charge in [-0.2, -0.15) is 18.3 Å². The van der Waals surface area contributed by atoms with Gasteiger partial charge in [-0.15, -0.1) is 0 Å². The number of carbonyl (C=O) groups excluding carboxylic acids is 1. The van der Waals surface area contributed by atoms with Crippen LogP contribution in [0.2, 0.25) is 5.02 Å². The minimum Gasteiger partial charge on any atom is -0.349 e. The normalized spacial score (nSPS) is 13.7. The third-order valence-electron chi connectivity index (χ3n) is 4.31. The van der Waals surface area contributed by atoms with Gasteiger partial charge in [0.15, 0.2) is 5.69 Å². The fraction of sp³-hybridized carbons (Fsp3) is 0.412. The van der Waals surface area contributed by atoms with Crippen LogP contribution >= 0.6 is 11.6 Å². The maximum Gasteiger partial charge on any atom is 0.416 e. The van der Waals surface area contributed by atoms with Crippen LogP contribution in [0, 0.1) is 0 Å². The number of likely N-dealkylation sites (N-methyl/N-ethyl adjacent to an activating group) is 1. The minimum absolute atomic E-state index is 0.133. The average molecular weight is 387 g/mol. The second-order valence-corrected chi connectivity index (χ2v) is 6.47. The van der Waals surface area contributed by atoms with Gasteiger partial charge in [0.05, 0.1) is 16.3 Å². The molecular weight excluding hydrogens is 369 g/mol. The van der Waals surface area contributed by atoms with Gasteiger partial charge in [0.1, 0.15) is 0 Å². The van der Waals surface area contributed by atoms with Crippen molar-refractivity contribution in [2.24, 2.45) is 0 Å². The molecule has 1 aromatic heterocycles. The molecule has 1 aromatic carbocycles. The van der Waals surface area contributed by atoms with Crippen LogP contribution in [0.5, 0.6) is 0 Å². The Morgan fingerprint density at radius 2 is 2.08 bits per heavy atom. The summed E-state index contributed by atoms with van der Waals surface area (Å²) >= 11 is 6.14. The predicted octanol–water partition coefficient (Wildman–Crippen LogP) is 2.98. The summed E-state index contributed by atoms with van der Waals surface area (Å²) in [7, 11) is 1.77. The van der Waals surface area contributed by atoms with Crippen LogP contribution in [0.25, 0.3) is 5.69 Å². The summed E-state index contributed by atoms with van der Waals surface area (Å²) in [6, 6.07) is 3.10. The number of halogens is 4. The summed E-state index contributed by atoms with van der Waals surface area (Å²) in [6.07, 6.45) is -2.36. The van der Waals surface area contributed by atoms with Crippen molar-refractivity contribution in [3.05, 3.63) is 45.7 Å². The third kappa shape index (κ3) is 3.57. The van der Waals surface area contributed by atoms with Crippen LogP contribution in [-0.4, -0.2) is 35.8 Å². The van der Waals surface area contributed by atoms with Gasteiger partial charge in [-0.1, -0.05) is 11.6 Å². The first-order chi connectivity index (χ1) is 12.3. The van der Waals surface area contributed by atoms with Crippen molar-refractivity contribution >= 4 is 17.5 Å². The fourth-order valence-corrected chi connectivity index (χ4v) is 3.25. The molecule has 0 saturated carbocycles.